The molecule has 3 unspecified atom stereocenters. The van der Waals surface area contributed by atoms with Gasteiger partial charge in [0.25, 0.3) is 0 Å². The van der Waals surface area contributed by atoms with Crippen molar-refractivity contribution in [1.29, 1.82) is 0 Å². The summed E-state index contributed by atoms with van der Waals surface area (Å²) in [6.45, 7) is 14.7. The van der Waals surface area contributed by atoms with Crippen LogP contribution in [0.5, 0.6) is 0 Å². The number of carboxylic acid groups (broad SMARTS) is 1. The number of unbranched alkanes of at least 4 members (excludes halogenated alkanes) is 1. The molecule has 0 radical (unpaired) electrons. The minimum atomic E-state index is -1.68. The van der Waals surface area contributed by atoms with Gasteiger partial charge in [-0.05, 0) is 69.9 Å². The Morgan fingerprint density at radius 3 is 2.17 bits per heavy atom. The average Bonchev–Trinajstić information content (AvgIpc) is 2.64. The fraction of sp³-hybridized carbons (Fsp3) is 0.909. The number of carbonyl (C=O) groups is 2. The van der Waals surface area contributed by atoms with Gasteiger partial charge in [-0.2, -0.15) is 0 Å². The highest BCUT2D eigenvalue weighted by Crippen LogP contribution is 2.34. The van der Waals surface area contributed by atoms with E-state index in [0.29, 0.717) is 32.0 Å². The predicted octanol–water partition coefficient (Wildman–Crippen LogP) is 5.30. The van der Waals surface area contributed by atoms with E-state index >= 15 is 0 Å². The first-order valence-electron chi connectivity index (χ1n) is 11.6. The van der Waals surface area contributed by atoms with Crippen molar-refractivity contribution in [3.05, 3.63) is 0 Å². The predicted molar refractivity (Wildman–Crippen MR) is 125 cm³/mol. The second kappa shape index (κ2) is 13.0. The van der Waals surface area contributed by atoms with E-state index in [1.807, 2.05) is 6.92 Å². The molecule has 0 amide bonds. The lowest BCUT2D eigenvalue weighted by atomic mass is 9.74. The summed E-state index contributed by atoms with van der Waals surface area (Å²) in [6.07, 6.45) is 5.43. The fourth-order valence-corrected chi connectivity index (χ4v) is 13.4. The van der Waals surface area contributed by atoms with E-state index in [2.05, 4.69) is 33.1 Å². The number of hydrogen-bond donors (Lipinski definition) is 1. The number of rotatable bonds is 14. The zero-order valence-electron chi connectivity index (χ0n) is 20.0. The van der Waals surface area contributed by atoms with Crippen LogP contribution in [0.2, 0.25) is 38.3 Å². The second-order valence-corrected chi connectivity index (χ2v) is 18.9. The lowest BCUT2D eigenvalue weighted by molar-refractivity contribution is -0.161. The molecule has 0 bridgehead atoms. The van der Waals surface area contributed by atoms with Gasteiger partial charge in [0, 0.05) is 6.61 Å². The zero-order valence-corrected chi connectivity index (χ0v) is 22.0. The SMILES string of the molecule is CCCC[Si](C)(C)O[Si](C)(C)CCCOCCOC(=O)C1CCC(C)CC1C(=O)O. The van der Waals surface area contributed by atoms with Crippen LogP contribution in [0.1, 0.15) is 52.4 Å². The minimum Gasteiger partial charge on any atom is -0.481 e. The molecule has 0 aliphatic heterocycles. The Bertz CT molecular complexity index is 538. The highest BCUT2D eigenvalue weighted by molar-refractivity contribution is 6.84. The molecule has 1 rings (SSSR count). The number of hydrogen-bond acceptors (Lipinski definition) is 5. The van der Waals surface area contributed by atoms with Crippen LogP contribution in [0, 0.1) is 17.8 Å². The third-order valence-corrected chi connectivity index (χ3v) is 13.5. The Hall–Kier alpha value is -0.706. The van der Waals surface area contributed by atoms with Crippen LogP contribution >= 0.6 is 0 Å². The molecule has 0 aromatic heterocycles. The lowest BCUT2D eigenvalue weighted by Gasteiger charge is -2.34. The van der Waals surface area contributed by atoms with E-state index in [1.54, 1.807) is 0 Å². The molecule has 0 spiro atoms. The third-order valence-electron chi connectivity index (χ3n) is 5.96. The van der Waals surface area contributed by atoms with Crippen molar-refractivity contribution in [2.45, 2.75) is 90.6 Å². The van der Waals surface area contributed by atoms with Crippen LogP contribution in [-0.2, 0) is 23.2 Å². The molecule has 30 heavy (non-hydrogen) atoms. The molecule has 1 saturated carbocycles. The molecule has 6 nitrogen and oxygen atoms in total. The normalized spacial score (nSPS) is 22.7. The van der Waals surface area contributed by atoms with Crippen LogP contribution < -0.4 is 0 Å². The van der Waals surface area contributed by atoms with Crippen LogP contribution in [-0.4, -0.2) is 53.5 Å². The fourth-order valence-electron chi connectivity index (χ4n) is 4.40. The Balaban J connectivity index is 2.22. The van der Waals surface area contributed by atoms with Gasteiger partial charge < -0.3 is 18.7 Å². The first-order chi connectivity index (χ1) is 14.0. The Kier molecular flexibility index (Phi) is 11.8. The molecule has 0 heterocycles. The van der Waals surface area contributed by atoms with E-state index < -0.39 is 34.4 Å². The smallest absolute Gasteiger partial charge is 0.309 e. The standard InChI is InChI=1S/C22H44O6Si2/c1-7-8-15-29(3,4)28-30(5,6)16-9-12-26-13-14-27-22(25)19-11-10-18(2)17-20(19)21(23)24/h18-20H,7-17H2,1-6H3,(H,23,24). The molecule has 176 valence electrons. The van der Waals surface area contributed by atoms with Crippen molar-refractivity contribution >= 4 is 28.6 Å². The van der Waals surface area contributed by atoms with Gasteiger partial charge in [-0.25, -0.2) is 0 Å². The molecule has 3 atom stereocenters. The van der Waals surface area contributed by atoms with E-state index in [-0.39, 0.29) is 12.6 Å². The first kappa shape index (κ1) is 27.3. The summed E-state index contributed by atoms with van der Waals surface area (Å²) in [5.41, 5.74) is 0. The minimum absolute atomic E-state index is 0.186. The average molecular weight is 461 g/mol. The van der Waals surface area contributed by atoms with Gasteiger partial charge in [-0.1, -0.05) is 26.7 Å². The number of carboxylic acids is 1. The van der Waals surface area contributed by atoms with E-state index in [1.165, 1.54) is 18.9 Å². The number of aliphatic carboxylic acids is 1. The molecular formula is C22H44O6Si2. The van der Waals surface area contributed by atoms with Crippen molar-refractivity contribution in [2.24, 2.45) is 17.8 Å². The second-order valence-electron chi connectivity index (χ2n) is 10.1. The van der Waals surface area contributed by atoms with Gasteiger partial charge in [0.05, 0.1) is 18.4 Å². The van der Waals surface area contributed by atoms with Crippen LogP contribution in [0.25, 0.3) is 0 Å². The highest BCUT2D eigenvalue weighted by atomic mass is 28.4. The monoisotopic (exact) mass is 460 g/mol. The highest BCUT2D eigenvalue weighted by Gasteiger charge is 2.39. The topological polar surface area (TPSA) is 82.1 Å². The summed E-state index contributed by atoms with van der Waals surface area (Å²) in [7, 11) is -3.25. The molecule has 1 fully saturated rings. The molecule has 1 aliphatic carbocycles. The molecule has 0 saturated heterocycles. The van der Waals surface area contributed by atoms with Crippen molar-refractivity contribution in [3.63, 3.8) is 0 Å². The third kappa shape index (κ3) is 10.5. The van der Waals surface area contributed by atoms with Gasteiger partial charge in [0.2, 0.25) is 0 Å². The van der Waals surface area contributed by atoms with E-state index in [4.69, 9.17) is 13.6 Å². The molecule has 1 N–H and O–H groups in total. The van der Waals surface area contributed by atoms with Crippen LogP contribution in [0.3, 0.4) is 0 Å². The molecule has 0 aromatic carbocycles. The largest absolute Gasteiger partial charge is 0.481 e. The van der Waals surface area contributed by atoms with E-state index in [9.17, 15) is 14.7 Å². The number of esters is 1. The van der Waals surface area contributed by atoms with Gasteiger partial charge in [-0.3, -0.25) is 9.59 Å². The lowest BCUT2D eigenvalue weighted by Crippen LogP contribution is -2.44. The summed E-state index contributed by atoms with van der Waals surface area (Å²) in [4.78, 5) is 23.7. The molecule has 0 aromatic rings. The summed E-state index contributed by atoms with van der Waals surface area (Å²) >= 11 is 0. The maximum atomic E-state index is 12.3. The molecule has 8 heteroatoms. The van der Waals surface area contributed by atoms with Gasteiger partial charge in [0.1, 0.15) is 6.61 Å². The van der Waals surface area contributed by atoms with Gasteiger partial charge in [-0.15, -0.1) is 0 Å². The Morgan fingerprint density at radius 1 is 0.933 bits per heavy atom. The van der Waals surface area contributed by atoms with Crippen molar-refractivity contribution in [2.75, 3.05) is 19.8 Å². The molecule has 1 aliphatic rings. The van der Waals surface area contributed by atoms with Gasteiger partial charge in [0.15, 0.2) is 16.6 Å². The summed E-state index contributed by atoms with van der Waals surface area (Å²) in [5.74, 6) is -2.09. The van der Waals surface area contributed by atoms with Crippen molar-refractivity contribution < 1.29 is 28.3 Å². The first-order valence-corrected chi connectivity index (χ1v) is 17.9. The summed E-state index contributed by atoms with van der Waals surface area (Å²) < 4.78 is 17.5. The maximum Gasteiger partial charge on any atom is 0.309 e. The quantitative estimate of drug-likeness (QED) is 0.215. The Morgan fingerprint density at radius 2 is 1.57 bits per heavy atom. The van der Waals surface area contributed by atoms with Crippen LogP contribution in [0.15, 0.2) is 0 Å². The molecular weight excluding hydrogens is 416 g/mol. The summed E-state index contributed by atoms with van der Waals surface area (Å²) in [6, 6.07) is 2.29. The van der Waals surface area contributed by atoms with Crippen LogP contribution in [0.4, 0.5) is 0 Å². The summed E-state index contributed by atoms with van der Waals surface area (Å²) in [5, 5.41) is 9.39. The number of ether oxygens (including phenoxy) is 2. The van der Waals surface area contributed by atoms with Crippen molar-refractivity contribution in [1.82, 2.24) is 0 Å². The Labute approximate surface area is 185 Å². The number of carbonyl (C=O) groups excluding carboxylic acids is 1. The maximum absolute atomic E-state index is 12.3. The van der Waals surface area contributed by atoms with E-state index in [0.717, 1.165) is 18.9 Å². The van der Waals surface area contributed by atoms with Crippen molar-refractivity contribution in [3.8, 4) is 0 Å². The zero-order chi connectivity index (χ0) is 22.8. The van der Waals surface area contributed by atoms with Gasteiger partial charge >= 0.3 is 11.9 Å².